The normalized spacial score (nSPS) is 10.5. The average Bonchev–Trinajstić information content (AvgIpc) is 3.08. The first-order chi connectivity index (χ1) is 14.5. The number of ether oxygens (including phenoxy) is 1. The summed E-state index contributed by atoms with van der Waals surface area (Å²) < 4.78 is 7.37. The maximum absolute atomic E-state index is 12.6. The Morgan fingerprint density at radius 1 is 1.20 bits per heavy atom. The van der Waals surface area contributed by atoms with Gasteiger partial charge in [-0.05, 0) is 55.5 Å². The van der Waals surface area contributed by atoms with E-state index in [1.165, 1.54) is 0 Å². The third-order valence-electron chi connectivity index (χ3n) is 4.02. The monoisotopic (exact) mass is 445 g/mol. The molecule has 0 fully saturated rings. The van der Waals surface area contributed by atoms with Gasteiger partial charge in [-0.1, -0.05) is 17.7 Å². The second kappa shape index (κ2) is 10.0. The summed E-state index contributed by atoms with van der Waals surface area (Å²) in [5.41, 5.74) is 1.32. The van der Waals surface area contributed by atoms with E-state index in [0.29, 0.717) is 33.6 Å². The van der Waals surface area contributed by atoms with Crippen LogP contribution in [0.5, 0.6) is 5.75 Å². The molecule has 0 unspecified atom stereocenters. The summed E-state index contributed by atoms with van der Waals surface area (Å²) in [7, 11) is 0. The standard InChI is InChI=1S/C20H20ClN5O3S/c1-2-22-18(28)12-29-16-5-3-4-15(10-16)23-17(27)11-26-19(24-25-20(26)30)13-6-8-14(21)9-7-13/h3-10H,2,11-12H2,1H3,(H,22,28)(H,23,27)(H,25,30). The highest BCUT2D eigenvalue weighted by atomic mass is 35.5. The first kappa shape index (κ1) is 21.5. The molecule has 2 amide bonds. The fourth-order valence-electron chi connectivity index (χ4n) is 2.69. The summed E-state index contributed by atoms with van der Waals surface area (Å²) in [6, 6.07) is 13.9. The van der Waals surface area contributed by atoms with Crippen LogP contribution >= 0.6 is 23.8 Å². The molecule has 0 aliphatic carbocycles. The van der Waals surface area contributed by atoms with Gasteiger partial charge in [0.15, 0.2) is 17.2 Å². The van der Waals surface area contributed by atoms with E-state index in [2.05, 4.69) is 20.8 Å². The fourth-order valence-corrected chi connectivity index (χ4v) is 3.01. The first-order valence-electron chi connectivity index (χ1n) is 9.17. The Hall–Kier alpha value is -3.17. The van der Waals surface area contributed by atoms with Gasteiger partial charge >= 0.3 is 0 Å². The minimum atomic E-state index is -0.288. The van der Waals surface area contributed by atoms with Gasteiger partial charge in [-0.3, -0.25) is 19.3 Å². The number of benzene rings is 2. The predicted octanol–water partition coefficient (Wildman–Crippen LogP) is 3.41. The zero-order valence-corrected chi connectivity index (χ0v) is 17.7. The van der Waals surface area contributed by atoms with E-state index in [4.69, 9.17) is 28.6 Å². The number of rotatable bonds is 8. The molecule has 3 N–H and O–H groups in total. The Bertz CT molecular complexity index is 1090. The molecule has 10 heteroatoms. The SMILES string of the molecule is CCNC(=O)COc1cccc(NC(=O)Cn2c(-c3ccc(Cl)cc3)n[nH]c2=S)c1. The minimum Gasteiger partial charge on any atom is -0.484 e. The zero-order valence-electron chi connectivity index (χ0n) is 16.1. The van der Waals surface area contributed by atoms with E-state index in [1.54, 1.807) is 53.1 Å². The molecule has 0 atom stereocenters. The van der Waals surface area contributed by atoms with E-state index in [9.17, 15) is 9.59 Å². The smallest absolute Gasteiger partial charge is 0.257 e. The third kappa shape index (κ3) is 5.68. The number of aromatic nitrogens is 3. The number of anilines is 1. The molecule has 2 aromatic carbocycles. The molecular formula is C20H20ClN5O3S. The summed E-state index contributed by atoms with van der Waals surface area (Å²) in [4.78, 5) is 24.1. The summed E-state index contributed by atoms with van der Waals surface area (Å²) in [6.45, 7) is 2.24. The number of hydrogen-bond donors (Lipinski definition) is 3. The lowest BCUT2D eigenvalue weighted by molar-refractivity contribution is -0.123. The van der Waals surface area contributed by atoms with Crippen LogP contribution < -0.4 is 15.4 Å². The molecule has 0 aliphatic heterocycles. The molecule has 0 radical (unpaired) electrons. The number of nitrogens with zero attached hydrogens (tertiary/aromatic N) is 2. The van der Waals surface area contributed by atoms with Crippen molar-refractivity contribution >= 4 is 41.3 Å². The highest BCUT2D eigenvalue weighted by Gasteiger charge is 2.13. The largest absolute Gasteiger partial charge is 0.484 e. The summed E-state index contributed by atoms with van der Waals surface area (Å²) in [6.07, 6.45) is 0. The van der Waals surface area contributed by atoms with Gasteiger partial charge in [-0.2, -0.15) is 5.10 Å². The molecule has 0 bridgehead atoms. The summed E-state index contributed by atoms with van der Waals surface area (Å²) in [5, 5.41) is 13.0. The highest BCUT2D eigenvalue weighted by Crippen LogP contribution is 2.21. The Morgan fingerprint density at radius 2 is 1.97 bits per heavy atom. The number of halogens is 1. The summed E-state index contributed by atoms with van der Waals surface area (Å²) in [5.74, 6) is 0.506. The Balaban J connectivity index is 1.67. The van der Waals surface area contributed by atoms with Crippen LogP contribution in [0.2, 0.25) is 5.02 Å². The van der Waals surface area contributed by atoms with Crippen LogP contribution in [0.4, 0.5) is 5.69 Å². The Kier molecular flexibility index (Phi) is 7.21. The number of amides is 2. The quantitative estimate of drug-likeness (QED) is 0.461. The molecule has 1 aromatic heterocycles. The van der Waals surface area contributed by atoms with Gasteiger partial charge in [-0.15, -0.1) is 0 Å². The van der Waals surface area contributed by atoms with Crippen LogP contribution in [0.15, 0.2) is 48.5 Å². The zero-order chi connectivity index (χ0) is 21.5. The molecular weight excluding hydrogens is 426 g/mol. The lowest BCUT2D eigenvalue weighted by Crippen LogP contribution is -2.28. The van der Waals surface area contributed by atoms with Gasteiger partial charge in [0.2, 0.25) is 5.91 Å². The van der Waals surface area contributed by atoms with Gasteiger partial charge < -0.3 is 15.4 Å². The number of carbonyl (C=O) groups excluding carboxylic acids is 2. The van der Waals surface area contributed by atoms with Gasteiger partial charge in [0.25, 0.3) is 5.91 Å². The second-order valence-electron chi connectivity index (χ2n) is 6.26. The van der Waals surface area contributed by atoms with Gasteiger partial charge in [0.1, 0.15) is 12.3 Å². The van der Waals surface area contributed by atoms with Crippen LogP contribution in [0.25, 0.3) is 11.4 Å². The number of nitrogens with one attached hydrogen (secondary N) is 3. The van der Waals surface area contributed by atoms with Crippen molar-refractivity contribution in [1.82, 2.24) is 20.1 Å². The molecule has 0 aliphatic rings. The number of carbonyl (C=O) groups is 2. The average molecular weight is 446 g/mol. The van der Waals surface area contributed by atoms with E-state index in [1.807, 2.05) is 6.92 Å². The molecule has 1 heterocycles. The fraction of sp³-hybridized carbons (Fsp3) is 0.200. The molecule has 30 heavy (non-hydrogen) atoms. The van der Waals surface area contributed by atoms with E-state index in [-0.39, 0.29) is 25.0 Å². The molecule has 0 saturated heterocycles. The lowest BCUT2D eigenvalue weighted by atomic mass is 10.2. The lowest BCUT2D eigenvalue weighted by Gasteiger charge is -2.10. The van der Waals surface area contributed by atoms with Crippen LogP contribution in [0.3, 0.4) is 0 Å². The number of aromatic amines is 1. The van der Waals surface area contributed by atoms with Gasteiger partial charge in [0, 0.05) is 28.9 Å². The molecule has 8 nitrogen and oxygen atoms in total. The van der Waals surface area contributed by atoms with Crippen LogP contribution in [0, 0.1) is 4.77 Å². The number of H-pyrrole nitrogens is 1. The topological polar surface area (TPSA) is 101 Å². The van der Waals surface area contributed by atoms with Crippen molar-refractivity contribution < 1.29 is 14.3 Å². The number of hydrogen-bond acceptors (Lipinski definition) is 5. The first-order valence-corrected chi connectivity index (χ1v) is 9.95. The molecule has 0 spiro atoms. The van der Waals surface area contributed by atoms with Crippen molar-refractivity contribution in [2.24, 2.45) is 0 Å². The maximum atomic E-state index is 12.6. The molecule has 3 aromatic rings. The van der Waals surface area contributed by atoms with Crippen molar-refractivity contribution in [2.45, 2.75) is 13.5 Å². The van der Waals surface area contributed by atoms with Crippen molar-refractivity contribution in [2.75, 3.05) is 18.5 Å². The van der Waals surface area contributed by atoms with Crippen molar-refractivity contribution in [3.8, 4) is 17.1 Å². The minimum absolute atomic E-state index is 0.0305. The van der Waals surface area contributed by atoms with Crippen LogP contribution in [-0.2, 0) is 16.1 Å². The van der Waals surface area contributed by atoms with Crippen molar-refractivity contribution in [1.29, 1.82) is 0 Å². The second-order valence-corrected chi connectivity index (χ2v) is 7.09. The van der Waals surface area contributed by atoms with Crippen LogP contribution in [0.1, 0.15) is 6.92 Å². The van der Waals surface area contributed by atoms with E-state index >= 15 is 0 Å². The van der Waals surface area contributed by atoms with E-state index < -0.39 is 0 Å². The third-order valence-corrected chi connectivity index (χ3v) is 4.59. The number of likely N-dealkylation sites (N-methyl/N-ethyl adjacent to an activating group) is 1. The maximum Gasteiger partial charge on any atom is 0.257 e. The van der Waals surface area contributed by atoms with E-state index in [0.717, 1.165) is 5.56 Å². The Labute approximate surface area is 183 Å². The Morgan fingerprint density at radius 3 is 2.70 bits per heavy atom. The summed E-state index contributed by atoms with van der Waals surface area (Å²) >= 11 is 11.2. The predicted molar refractivity (Wildman–Crippen MR) is 117 cm³/mol. The molecule has 156 valence electrons. The molecule has 0 saturated carbocycles. The highest BCUT2D eigenvalue weighted by molar-refractivity contribution is 7.71. The van der Waals surface area contributed by atoms with Crippen molar-refractivity contribution in [3.63, 3.8) is 0 Å². The van der Waals surface area contributed by atoms with Crippen molar-refractivity contribution in [3.05, 3.63) is 58.3 Å². The van der Waals surface area contributed by atoms with Gasteiger partial charge in [-0.25, -0.2) is 0 Å². The van der Waals surface area contributed by atoms with Crippen LogP contribution in [-0.4, -0.2) is 39.7 Å². The van der Waals surface area contributed by atoms with Gasteiger partial charge in [0.05, 0.1) is 0 Å². The molecule has 3 rings (SSSR count).